The molecule has 0 fully saturated rings. The van der Waals surface area contributed by atoms with Crippen LogP contribution in [0.25, 0.3) is 10.8 Å². The second-order valence-corrected chi connectivity index (χ2v) is 7.51. The van der Waals surface area contributed by atoms with E-state index in [0.717, 1.165) is 22.2 Å². The van der Waals surface area contributed by atoms with Gasteiger partial charge in [-0.25, -0.2) is 4.68 Å². The monoisotopic (exact) mass is 436 g/mol. The first-order chi connectivity index (χ1) is 15.1. The summed E-state index contributed by atoms with van der Waals surface area (Å²) in [6.07, 6.45) is 1.57. The maximum atomic E-state index is 12.5. The smallest absolute Gasteiger partial charge is 0.262 e. The number of methoxy groups -OCH3 is 1. The number of benzene rings is 2. The molecule has 2 aromatic heterocycles. The number of aryl methyl sites for hydroxylation is 1. The largest absolute Gasteiger partial charge is 0.491 e. The van der Waals surface area contributed by atoms with E-state index in [-0.39, 0.29) is 12.5 Å². The van der Waals surface area contributed by atoms with Gasteiger partial charge < -0.3 is 14.8 Å². The second kappa shape index (κ2) is 9.43. The number of carbonyl (C=O) groups is 1. The molecular weight excluding hydrogens is 416 g/mol. The van der Waals surface area contributed by atoms with Crippen LogP contribution in [0.2, 0.25) is 0 Å². The fraction of sp³-hybridized carbons (Fsp3) is 0.190. The van der Waals surface area contributed by atoms with Crippen molar-refractivity contribution >= 4 is 34.1 Å². The molecule has 10 heteroatoms. The summed E-state index contributed by atoms with van der Waals surface area (Å²) < 4.78 is 12.6. The molecular formula is C21H20N6O3S. The Balaban J connectivity index is 1.41. The van der Waals surface area contributed by atoms with Crippen LogP contribution in [-0.2, 0) is 17.6 Å². The van der Waals surface area contributed by atoms with Crippen LogP contribution in [-0.4, -0.2) is 44.8 Å². The first kappa shape index (κ1) is 20.6. The summed E-state index contributed by atoms with van der Waals surface area (Å²) in [6.45, 7) is -0.163. The number of anilines is 1. The Morgan fingerprint density at radius 3 is 2.81 bits per heavy atom. The minimum Gasteiger partial charge on any atom is -0.491 e. The molecule has 9 nitrogen and oxygen atoms in total. The summed E-state index contributed by atoms with van der Waals surface area (Å²) in [6, 6.07) is 15.4. The van der Waals surface area contributed by atoms with Gasteiger partial charge in [0.25, 0.3) is 5.91 Å². The predicted molar refractivity (Wildman–Crippen MR) is 117 cm³/mol. The number of tetrazole rings is 1. The number of nitrogens with one attached hydrogen (secondary N) is 1. The molecule has 0 aliphatic heterocycles. The van der Waals surface area contributed by atoms with E-state index in [2.05, 4.69) is 25.8 Å². The van der Waals surface area contributed by atoms with Crippen molar-refractivity contribution in [3.05, 3.63) is 60.4 Å². The minimum atomic E-state index is -0.267. The molecule has 0 unspecified atom stereocenters. The highest BCUT2D eigenvalue weighted by atomic mass is 32.2. The molecule has 4 aromatic rings. The first-order valence-electron chi connectivity index (χ1n) is 9.42. The van der Waals surface area contributed by atoms with E-state index in [4.69, 9.17) is 9.47 Å². The molecule has 0 saturated heterocycles. The number of fused-ring (bicyclic) bond motifs is 1. The summed E-state index contributed by atoms with van der Waals surface area (Å²) in [5.74, 6) is 1.16. The fourth-order valence-electron chi connectivity index (χ4n) is 2.96. The highest BCUT2D eigenvalue weighted by molar-refractivity contribution is 7.98. The molecule has 31 heavy (non-hydrogen) atoms. The lowest BCUT2D eigenvalue weighted by Crippen LogP contribution is -2.20. The average molecular weight is 436 g/mol. The summed E-state index contributed by atoms with van der Waals surface area (Å²) in [4.78, 5) is 16.9. The van der Waals surface area contributed by atoms with E-state index in [1.54, 1.807) is 24.0 Å². The molecule has 0 spiro atoms. The van der Waals surface area contributed by atoms with E-state index < -0.39 is 0 Å². The maximum absolute atomic E-state index is 12.5. The molecule has 0 aliphatic rings. The van der Waals surface area contributed by atoms with Crippen LogP contribution < -0.4 is 14.8 Å². The first-order valence-corrected chi connectivity index (χ1v) is 10.4. The Morgan fingerprint density at radius 2 is 2.00 bits per heavy atom. The lowest BCUT2D eigenvalue weighted by Gasteiger charge is -2.12. The number of hydrogen-bond donors (Lipinski definition) is 1. The van der Waals surface area contributed by atoms with Gasteiger partial charge >= 0.3 is 0 Å². The standard InChI is InChI=1S/C21H20N6O3S/c1-27-21(24-25-26-27)31-13-15-10-18(19(29-2)11-22-15)30-12-20(28)23-17-9-5-7-14-6-3-4-8-16(14)17/h3-11H,12-13H2,1-2H3,(H,23,28). The molecule has 0 aliphatic carbocycles. The van der Waals surface area contributed by atoms with Gasteiger partial charge in [0, 0.05) is 29.9 Å². The SMILES string of the molecule is COc1cnc(CSc2nnnn2C)cc1OCC(=O)Nc1cccc2ccccc12. The van der Waals surface area contributed by atoms with Crippen molar-refractivity contribution in [1.29, 1.82) is 0 Å². The Hall–Kier alpha value is -3.66. The Labute approximate surface area is 182 Å². The average Bonchev–Trinajstić information content (AvgIpc) is 3.21. The van der Waals surface area contributed by atoms with Crippen LogP contribution in [0.5, 0.6) is 11.5 Å². The molecule has 158 valence electrons. The summed E-state index contributed by atoms with van der Waals surface area (Å²) in [5, 5.41) is 17.0. The molecule has 0 bridgehead atoms. The highest BCUT2D eigenvalue weighted by Gasteiger charge is 2.12. The van der Waals surface area contributed by atoms with Crippen LogP contribution in [0.15, 0.2) is 59.9 Å². The molecule has 1 amide bonds. The summed E-state index contributed by atoms with van der Waals surface area (Å²) in [5.41, 5.74) is 1.49. The van der Waals surface area contributed by atoms with E-state index in [1.807, 2.05) is 42.5 Å². The van der Waals surface area contributed by atoms with Crippen molar-refractivity contribution in [2.75, 3.05) is 19.0 Å². The van der Waals surface area contributed by atoms with Crippen LogP contribution in [0.4, 0.5) is 5.69 Å². The summed E-state index contributed by atoms with van der Waals surface area (Å²) in [7, 11) is 3.30. The van der Waals surface area contributed by atoms with Crippen molar-refractivity contribution in [2.45, 2.75) is 10.9 Å². The lowest BCUT2D eigenvalue weighted by molar-refractivity contribution is -0.118. The van der Waals surface area contributed by atoms with Crippen molar-refractivity contribution in [3.63, 3.8) is 0 Å². The number of rotatable bonds is 8. The quantitative estimate of drug-likeness (QED) is 0.420. The van der Waals surface area contributed by atoms with Gasteiger partial charge in [-0.2, -0.15) is 0 Å². The normalized spacial score (nSPS) is 10.8. The lowest BCUT2D eigenvalue weighted by atomic mass is 10.1. The van der Waals surface area contributed by atoms with Crippen molar-refractivity contribution in [1.82, 2.24) is 25.2 Å². The summed E-state index contributed by atoms with van der Waals surface area (Å²) >= 11 is 1.44. The molecule has 1 N–H and O–H groups in total. The van der Waals surface area contributed by atoms with Crippen LogP contribution in [0.1, 0.15) is 5.69 Å². The fourth-order valence-corrected chi connectivity index (χ4v) is 3.71. The minimum absolute atomic E-state index is 0.163. The molecule has 0 saturated carbocycles. The van der Waals surface area contributed by atoms with Crippen LogP contribution >= 0.6 is 11.8 Å². The van der Waals surface area contributed by atoms with Crippen LogP contribution in [0, 0.1) is 0 Å². The number of amides is 1. The molecule has 4 rings (SSSR count). The third kappa shape index (κ3) is 4.92. The van der Waals surface area contributed by atoms with E-state index >= 15 is 0 Å². The van der Waals surface area contributed by atoms with E-state index in [0.29, 0.717) is 22.4 Å². The molecule has 2 aromatic carbocycles. The van der Waals surface area contributed by atoms with Gasteiger partial charge in [-0.1, -0.05) is 48.2 Å². The number of nitrogens with zero attached hydrogens (tertiary/aromatic N) is 5. The number of thioether (sulfide) groups is 1. The zero-order valence-electron chi connectivity index (χ0n) is 17.0. The van der Waals surface area contributed by atoms with E-state index in [9.17, 15) is 4.79 Å². The van der Waals surface area contributed by atoms with Gasteiger partial charge in [-0.3, -0.25) is 9.78 Å². The van der Waals surface area contributed by atoms with Gasteiger partial charge in [0.1, 0.15) is 0 Å². The third-order valence-corrected chi connectivity index (χ3v) is 5.51. The molecule has 0 radical (unpaired) electrons. The predicted octanol–water partition coefficient (Wildman–Crippen LogP) is 3.08. The third-order valence-electron chi connectivity index (χ3n) is 4.46. The zero-order chi connectivity index (χ0) is 21.6. The van der Waals surface area contributed by atoms with Crippen molar-refractivity contribution in [2.24, 2.45) is 7.05 Å². The Kier molecular flexibility index (Phi) is 6.27. The van der Waals surface area contributed by atoms with Crippen molar-refractivity contribution < 1.29 is 14.3 Å². The number of ether oxygens (including phenoxy) is 2. The Bertz CT molecular complexity index is 1210. The van der Waals surface area contributed by atoms with Gasteiger partial charge in [-0.05, 0) is 21.9 Å². The highest BCUT2D eigenvalue weighted by Crippen LogP contribution is 2.29. The Morgan fingerprint density at radius 1 is 1.16 bits per heavy atom. The van der Waals surface area contributed by atoms with Gasteiger partial charge in [0.05, 0.1) is 19.0 Å². The van der Waals surface area contributed by atoms with E-state index in [1.165, 1.54) is 18.9 Å². The molecule has 0 atom stereocenters. The number of hydrogen-bond acceptors (Lipinski definition) is 8. The topological polar surface area (TPSA) is 104 Å². The number of pyridine rings is 1. The van der Waals surface area contributed by atoms with Gasteiger partial charge in [0.2, 0.25) is 5.16 Å². The number of carbonyl (C=O) groups excluding carboxylic acids is 1. The number of aromatic nitrogens is 5. The zero-order valence-corrected chi connectivity index (χ0v) is 17.8. The van der Waals surface area contributed by atoms with Crippen LogP contribution in [0.3, 0.4) is 0 Å². The second-order valence-electron chi connectivity index (χ2n) is 6.56. The van der Waals surface area contributed by atoms with Gasteiger partial charge in [0.15, 0.2) is 18.1 Å². The van der Waals surface area contributed by atoms with Crippen molar-refractivity contribution in [3.8, 4) is 11.5 Å². The maximum Gasteiger partial charge on any atom is 0.262 e. The van der Waals surface area contributed by atoms with Gasteiger partial charge in [-0.15, -0.1) is 5.10 Å². The molecule has 2 heterocycles.